The molecule has 1 saturated heterocycles. The largest absolute Gasteiger partial charge is 0.377 e. The summed E-state index contributed by atoms with van der Waals surface area (Å²) in [6.07, 6.45) is 8.73. The zero-order chi connectivity index (χ0) is 11.9. The molecule has 1 N–H and O–H groups in total. The summed E-state index contributed by atoms with van der Waals surface area (Å²) in [5.74, 6) is 0.752. The van der Waals surface area contributed by atoms with E-state index in [1.165, 1.54) is 38.5 Å². The first-order valence-electron chi connectivity index (χ1n) is 7.30. The molecule has 17 heavy (non-hydrogen) atoms. The van der Waals surface area contributed by atoms with Gasteiger partial charge in [-0.05, 0) is 31.6 Å². The quantitative estimate of drug-likeness (QED) is 0.724. The second kappa shape index (κ2) is 7.34. The summed E-state index contributed by atoms with van der Waals surface area (Å²) < 4.78 is 11.5. The summed E-state index contributed by atoms with van der Waals surface area (Å²) in [5, 5.41) is 3.43. The molecule has 1 heterocycles. The Morgan fingerprint density at radius 3 is 2.82 bits per heavy atom. The van der Waals surface area contributed by atoms with Crippen LogP contribution >= 0.6 is 0 Å². The van der Waals surface area contributed by atoms with E-state index in [2.05, 4.69) is 12.2 Å². The summed E-state index contributed by atoms with van der Waals surface area (Å²) in [6, 6.07) is 0. The predicted octanol–water partition coefficient (Wildman–Crippen LogP) is 2.35. The molecule has 0 spiro atoms. The van der Waals surface area contributed by atoms with Gasteiger partial charge in [-0.2, -0.15) is 0 Å². The number of nitrogens with one attached hydrogen (secondary N) is 1. The summed E-state index contributed by atoms with van der Waals surface area (Å²) >= 11 is 0. The first kappa shape index (κ1) is 13.3. The molecule has 1 saturated carbocycles. The molecule has 3 atom stereocenters. The average molecular weight is 241 g/mol. The lowest BCUT2D eigenvalue weighted by Gasteiger charge is -2.28. The fourth-order valence-corrected chi connectivity index (χ4v) is 2.88. The third-order valence-electron chi connectivity index (χ3n) is 4.04. The zero-order valence-corrected chi connectivity index (χ0v) is 11.1. The highest BCUT2D eigenvalue weighted by molar-refractivity contribution is 4.72. The van der Waals surface area contributed by atoms with Crippen molar-refractivity contribution in [2.24, 2.45) is 5.92 Å². The van der Waals surface area contributed by atoms with Gasteiger partial charge in [0.2, 0.25) is 0 Å². The molecular weight excluding hydrogens is 214 g/mol. The van der Waals surface area contributed by atoms with Gasteiger partial charge in [-0.15, -0.1) is 0 Å². The standard InChI is InChI=1S/C14H27NO2/c1-12-5-2-3-7-14(12)17-10-8-15-11-13-6-4-9-16-13/h12-15H,2-11H2,1H3. The van der Waals surface area contributed by atoms with Crippen molar-refractivity contribution >= 4 is 0 Å². The maximum atomic E-state index is 5.96. The Balaban J connectivity index is 1.47. The Kier molecular flexibility index (Phi) is 5.75. The first-order chi connectivity index (χ1) is 8.36. The van der Waals surface area contributed by atoms with Gasteiger partial charge in [0.05, 0.1) is 18.8 Å². The average Bonchev–Trinajstić information content (AvgIpc) is 2.84. The van der Waals surface area contributed by atoms with Crippen LogP contribution in [0.15, 0.2) is 0 Å². The number of hydrogen-bond donors (Lipinski definition) is 1. The van der Waals surface area contributed by atoms with Crippen molar-refractivity contribution in [2.45, 2.75) is 57.7 Å². The fraction of sp³-hybridized carbons (Fsp3) is 1.00. The predicted molar refractivity (Wildman–Crippen MR) is 69.2 cm³/mol. The van der Waals surface area contributed by atoms with Gasteiger partial charge in [0.15, 0.2) is 0 Å². The molecule has 3 nitrogen and oxygen atoms in total. The molecule has 1 aliphatic heterocycles. The Bertz CT molecular complexity index is 204. The van der Waals surface area contributed by atoms with Gasteiger partial charge < -0.3 is 14.8 Å². The minimum absolute atomic E-state index is 0.448. The van der Waals surface area contributed by atoms with Crippen LogP contribution in [0.3, 0.4) is 0 Å². The summed E-state index contributed by atoms with van der Waals surface area (Å²) in [4.78, 5) is 0. The van der Waals surface area contributed by atoms with Crippen molar-refractivity contribution in [3.05, 3.63) is 0 Å². The van der Waals surface area contributed by atoms with E-state index in [-0.39, 0.29) is 0 Å². The van der Waals surface area contributed by atoms with E-state index < -0.39 is 0 Å². The van der Waals surface area contributed by atoms with E-state index in [0.717, 1.165) is 32.2 Å². The van der Waals surface area contributed by atoms with Crippen molar-refractivity contribution < 1.29 is 9.47 Å². The molecule has 2 rings (SSSR count). The lowest BCUT2D eigenvalue weighted by Crippen LogP contribution is -2.32. The molecule has 0 aromatic carbocycles. The third kappa shape index (κ3) is 4.57. The summed E-state index contributed by atoms with van der Waals surface area (Å²) in [7, 11) is 0. The van der Waals surface area contributed by atoms with Crippen LogP contribution in [0.5, 0.6) is 0 Å². The zero-order valence-electron chi connectivity index (χ0n) is 11.1. The molecule has 0 radical (unpaired) electrons. The molecule has 0 aromatic rings. The molecular formula is C14H27NO2. The van der Waals surface area contributed by atoms with Crippen molar-refractivity contribution in [3.63, 3.8) is 0 Å². The lowest BCUT2D eigenvalue weighted by molar-refractivity contribution is -0.00405. The first-order valence-corrected chi connectivity index (χ1v) is 7.30. The Morgan fingerprint density at radius 2 is 2.06 bits per heavy atom. The normalized spacial score (nSPS) is 34.1. The van der Waals surface area contributed by atoms with Gasteiger partial charge in [-0.3, -0.25) is 0 Å². The second-order valence-electron chi connectivity index (χ2n) is 5.51. The van der Waals surface area contributed by atoms with Crippen LogP contribution in [0.25, 0.3) is 0 Å². The molecule has 3 unspecified atom stereocenters. The van der Waals surface area contributed by atoms with Crippen LogP contribution in [0, 0.1) is 5.92 Å². The molecule has 100 valence electrons. The SMILES string of the molecule is CC1CCCCC1OCCNCC1CCCO1. The second-order valence-corrected chi connectivity index (χ2v) is 5.51. The Labute approximate surface area is 105 Å². The molecule has 0 aromatic heterocycles. The molecule has 3 heteroatoms. The van der Waals surface area contributed by atoms with Crippen LogP contribution < -0.4 is 5.32 Å². The van der Waals surface area contributed by atoms with E-state index in [9.17, 15) is 0 Å². The molecule has 2 fully saturated rings. The van der Waals surface area contributed by atoms with Crippen molar-refractivity contribution in [3.8, 4) is 0 Å². The van der Waals surface area contributed by atoms with E-state index in [1.54, 1.807) is 0 Å². The molecule has 1 aliphatic carbocycles. The number of ether oxygens (including phenoxy) is 2. The topological polar surface area (TPSA) is 30.5 Å². The highest BCUT2D eigenvalue weighted by Crippen LogP contribution is 2.25. The maximum Gasteiger partial charge on any atom is 0.0700 e. The van der Waals surface area contributed by atoms with Gasteiger partial charge in [0.25, 0.3) is 0 Å². The van der Waals surface area contributed by atoms with Crippen molar-refractivity contribution in [2.75, 3.05) is 26.3 Å². The van der Waals surface area contributed by atoms with E-state index in [4.69, 9.17) is 9.47 Å². The van der Waals surface area contributed by atoms with Gasteiger partial charge in [-0.25, -0.2) is 0 Å². The Morgan fingerprint density at radius 1 is 1.18 bits per heavy atom. The highest BCUT2D eigenvalue weighted by atomic mass is 16.5. The molecule has 0 amide bonds. The van der Waals surface area contributed by atoms with Gasteiger partial charge in [-0.1, -0.05) is 19.8 Å². The number of rotatable bonds is 6. The minimum atomic E-state index is 0.448. The van der Waals surface area contributed by atoms with Crippen LogP contribution in [0.2, 0.25) is 0 Å². The smallest absolute Gasteiger partial charge is 0.0700 e. The Hall–Kier alpha value is -0.120. The summed E-state index contributed by atoms with van der Waals surface area (Å²) in [5.41, 5.74) is 0. The van der Waals surface area contributed by atoms with Gasteiger partial charge in [0, 0.05) is 19.7 Å². The highest BCUT2D eigenvalue weighted by Gasteiger charge is 2.21. The van der Waals surface area contributed by atoms with Gasteiger partial charge in [0.1, 0.15) is 0 Å². The maximum absolute atomic E-state index is 5.96. The molecule has 2 aliphatic rings. The van der Waals surface area contributed by atoms with Crippen molar-refractivity contribution in [1.82, 2.24) is 5.32 Å². The van der Waals surface area contributed by atoms with Crippen LogP contribution in [-0.4, -0.2) is 38.5 Å². The van der Waals surface area contributed by atoms with E-state index in [1.807, 2.05) is 0 Å². The number of hydrogen-bond acceptors (Lipinski definition) is 3. The monoisotopic (exact) mass is 241 g/mol. The van der Waals surface area contributed by atoms with Crippen LogP contribution in [0.4, 0.5) is 0 Å². The third-order valence-corrected chi connectivity index (χ3v) is 4.04. The van der Waals surface area contributed by atoms with E-state index >= 15 is 0 Å². The minimum Gasteiger partial charge on any atom is -0.377 e. The van der Waals surface area contributed by atoms with Gasteiger partial charge >= 0.3 is 0 Å². The lowest BCUT2D eigenvalue weighted by atomic mass is 9.88. The van der Waals surface area contributed by atoms with Crippen LogP contribution in [0.1, 0.15) is 45.4 Å². The molecule has 0 bridgehead atoms. The van der Waals surface area contributed by atoms with E-state index in [0.29, 0.717) is 12.2 Å². The summed E-state index contributed by atoms with van der Waals surface area (Å²) in [6.45, 7) is 6.07. The fourth-order valence-electron chi connectivity index (χ4n) is 2.88. The van der Waals surface area contributed by atoms with Crippen molar-refractivity contribution in [1.29, 1.82) is 0 Å². The van der Waals surface area contributed by atoms with Crippen LogP contribution in [-0.2, 0) is 9.47 Å².